The zero-order chi connectivity index (χ0) is 22.4. The number of ether oxygens (including phenoxy) is 1. The molecule has 0 fully saturated rings. The minimum absolute atomic E-state index is 0.0146. The largest absolute Gasteiger partial charge is 0.468 e. The molecule has 31 heavy (non-hydrogen) atoms. The molecule has 0 saturated carbocycles. The summed E-state index contributed by atoms with van der Waals surface area (Å²) in [5, 5.41) is 2.72. The van der Waals surface area contributed by atoms with E-state index in [4.69, 9.17) is 9.15 Å². The number of benzene rings is 2. The van der Waals surface area contributed by atoms with Crippen molar-refractivity contribution in [3.05, 3.63) is 83.3 Å². The van der Waals surface area contributed by atoms with Gasteiger partial charge in [-0.25, -0.2) is 17.9 Å². The second kappa shape index (κ2) is 9.59. The first-order valence-electron chi connectivity index (χ1n) is 9.41. The van der Waals surface area contributed by atoms with Gasteiger partial charge in [0.25, 0.3) is 5.91 Å². The average molecular weight is 442 g/mol. The van der Waals surface area contributed by atoms with Crippen molar-refractivity contribution in [2.75, 3.05) is 11.9 Å². The molecule has 0 aliphatic carbocycles. The third kappa shape index (κ3) is 5.80. The van der Waals surface area contributed by atoms with Gasteiger partial charge in [-0.3, -0.25) is 4.79 Å². The average Bonchev–Trinajstić information content (AvgIpc) is 3.27. The van der Waals surface area contributed by atoms with Crippen LogP contribution in [0, 0.1) is 13.8 Å². The summed E-state index contributed by atoms with van der Waals surface area (Å²) in [4.78, 5) is 24.4. The second-order valence-electron chi connectivity index (χ2n) is 6.82. The maximum Gasteiger partial charge on any atom is 0.338 e. The molecule has 0 atom stereocenters. The summed E-state index contributed by atoms with van der Waals surface area (Å²) in [7, 11) is -3.87. The standard InChI is InChI=1S/C22H22N2O6S/c1-15-6-3-7-16(2)21(15)24-20(25)14-30-22(26)17-8-4-10-19(12-17)31(27,28)23-13-18-9-5-11-29-18/h3-12,23H,13-14H2,1-2H3,(H,24,25). The molecule has 1 aromatic heterocycles. The van der Waals surface area contributed by atoms with Crippen molar-refractivity contribution in [2.24, 2.45) is 0 Å². The zero-order valence-corrected chi connectivity index (χ0v) is 17.9. The Morgan fingerprint density at radius 3 is 2.39 bits per heavy atom. The normalized spacial score (nSPS) is 11.2. The van der Waals surface area contributed by atoms with Crippen LogP contribution < -0.4 is 10.0 Å². The number of amides is 1. The van der Waals surface area contributed by atoms with E-state index in [-0.39, 0.29) is 17.0 Å². The number of para-hydroxylation sites is 1. The Morgan fingerprint density at radius 2 is 1.71 bits per heavy atom. The Kier molecular flexibility index (Phi) is 6.88. The summed E-state index contributed by atoms with van der Waals surface area (Å²) < 4.78 is 37.5. The fourth-order valence-corrected chi connectivity index (χ4v) is 3.89. The van der Waals surface area contributed by atoms with Crippen molar-refractivity contribution < 1.29 is 27.2 Å². The van der Waals surface area contributed by atoms with E-state index in [1.165, 1.54) is 30.5 Å². The number of esters is 1. The Balaban J connectivity index is 1.61. The van der Waals surface area contributed by atoms with Crippen LogP contribution in [-0.2, 0) is 26.1 Å². The lowest BCUT2D eigenvalue weighted by Gasteiger charge is -2.12. The van der Waals surface area contributed by atoms with Gasteiger partial charge in [0.05, 0.1) is 23.3 Å². The number of nitrogens with one attached hydrogen (secondary N) is 2. The molecule has 162 valence electrons. The van der Waals surface area contributed by atoms with Gasteiger partial charge in [0.15, 0.2) is 6.61 Å². The molecular weight excluding hydrogens is 420 g/mol. The summed E-state index contributed by atoms with van der Waals surface area (Å²) in [6.07, 6.45) is 1.44. The number of aryl methyl sites for hydroxylation is 2. The summed E-state index contributed by atoms with van der Waals surface area (Å²) in [5.41, 5.74) is 2.46. The third-order valence-corrected chi connectivity index (χ3v) is 5.88. The predicted octanol–water partition coefficient (Wildman–Crippen LogP) is 3.17. The van der Waals surface area contributed by atoms with Crippen molar-refractivity contribution in [2.45, 2.75) is 25.3 Å². The minimum Gasteiger partial charge on any atom is -0.468 e. The van der Waals surface area contributed by atoms with Gasteiger partial charge >= 0.3 is 5.97 Å². The van der Waals surface area contributed by atoms with Gasteiger partial charge in [0, 0.05) is 5.69 Å². The highest BCUT2D eigenvalue weighted by Gasteiger charge is 2.18. The van der Waals surface area contributed by atoms with Crippen molar-refractivity contribution in [1.29, 1.82) is 0 Å². The molecule has 0 unspecified atom stereocenters. The third-order valence-electron chi connectivity index (χ3n) is 4.48. The van der Waals surface area contributed by atoms with Crippen molar-refractivity contribution in [3.8, 4) is 0 Å². The lowest BCUT2D eigenvalue weighted by molar-refractivity contribution is -0.119. The molecule has 9 heteroatoms. The highest BCUT2D eigenvalue weighted by molar-refractivity contribution is 7.89. The van der Waals surface area contributed by atoms with E-state index in [0.717, 1.165) is 11.1 Å². The van der Waals surface area contributed by atoms with Crippen LogP contribution in [0.1, 0.15) is 27.2 Å². The van der Waals surface area contributed by atoms with Gasteiger partial charge in [-0.15, -0.1) is 0 Å². The number of sulfonamides is 1. The molecule has 0 radical (unpaired) electrons. The fourth-order valence-electron chi connectivity index (χ4n) is 2.85. The van der Waals surface area contributed by atoms with E-state index in [9.17, 15) is 18.0 Å². The van der Waals surface area contributed by atoms with Gasteiger partial charge in [-0.2, -0.15) is 0 Å². The molecule has 8 nitrogen and oxygen atoms in total. The smallest absolute Gasteiger partial charge is 0.338 e. The number of carbonyl (C=O) groups excluding carboxylic acids is 2. The maximum absolute atomic E-state index is 12.5. The monoisotopic (exact) mass is 442 g/mol. The van der Waals surface area contributed by atoms with Crippen LogP contribution in [0.2, 0.25) is 0 Å². The summed E-state index contributed by atoms with van der Waals surface area (Å²) >= 11 is 0. The molecule has 2 aromatic carbocycles. The van der Waals surface area contributed by atoms with E-state index < -0.39 is 28.5 Å². The van der Waals surface area contributed by atoms with Crippen LogP contribution in [0.25, 0.3) is 0 Å². The number of rotatable bonds is 8. The van der Waals surface area contributed by atoms with Gasteiger partial charge in [-0.1, -0.05) is 24.3 Å². The Morgan fingerprint density at radius 1 is 1.00 bits per heavy atom. The predicted molar refractivity (Wildman–Crippen MR) is 114 cm³/mol. The Hall–Kier alpha value is -3.43. The van der Waals surface area contributed by atoms with E-state index in [1.54, 1.807) is 12.1 Å². The van der Waals surface area contributed by atoms with Crippen LogP contribution in [0.15, 0.2) is 70.2 Å². The van der Waals surface area contributed by atoms with Gasteiger partial charge < -0.3 is 14.5 Å². The first-order chi connectivity index (χ1) is 14.8. The number of furan rings is 1. The molecule has 0 bridgehead atoms. The molecule has 1 heterocycles. The molecule has 3 rings (SSSR count). The molecule has 0 spiro atoms. The molecule has 0 saturated heterocycles. The number of hydrogen-bond donors (Lipinski definition) is 2. The van der Waals surface area contributed by atoms with Crippen LogP contribution >= 0.6 is 0 Å². The molecule has 3 aromatic rings. The summed E-state index contributed by atoms with van der Waals surface area (Å²) in [6.45, 7) is 3.20. The zero-order valence-electron chi connectivity index (χ0n) is 17.0. The SMILES string of the molecule is Cc1cccc(C)c1NC(=O)COC(=O)c1cccc(S(=O)(=O)NCc2ccco2)c1. The van der Waals surface area contributed by atoms with E-state index in [1.807, 2.05) is 32.0 Å². The van der Waals surface area contributed by atoms with Gasteiger partial charge in [0.1, 0.15) is 5.76 Å². The molecular formula is C22H22N2O6S. The first kappa shape index (κ1) is 22.3. The van der Waals surface area contributed by atoms with Crippen molar-refractivity contribution >= 4 is 27.6 Å². The van der Waals surface area contributed by atoms with Crippen LogP contribution in [0.3, 0.4) is 0 Å². The molecule has 0 aliphatic heterocycles. The molecule has 0 aliphatic rings. The van der Waals surface area contributed by atoms with Crippen LogP contribution in [0.5, 0.6) is 0 Å². The van der Waals surface area contributed by atoms with E-state index in [2.05, 4.69) is 10.0 Å². The van der Waals surface area contributed by atoms with Gasteiger partial charge in [-0.05, 0) is 55.3 Å². The van der Waals surface area contributed by atoms with Crippen LogP contribution in [-0.4, -0.2) is 26.9 Å². The topological polar surface area (TPSA) is 115 Å². The van der Waals surface area contributed by atoms with Crippen molar-refractivity contribution in [3.63, 3.8) is 0 Å². The summed E-state index contributed by atoms with van der Waals surface area (Å²) in [5.74, 6) is -0.844. The van der Waals surface area contributed by atoms with E-state index >= 15 is 0 Å². The number of hydrogen-bond acceptors (Lipinski definition) is 6. The van der Waals surface area contributed by atoms with Gasteiger partial charge in [0.2, 0.25) is 10.0 Å². The maximum atomic E-state index is 12.5. The lowest BCUT2D eigenvalue weighted by atomic mass is 10.1. The Bertz CT molecular complexity index is 1170. The highest BCUT2D eigenvalue weighted by Crippen LogP contribution is 2.19. The van der Waals surface area contributed by atoms with Crippen LogP contribution in [0.4, 0.5) is 5.69 Å². The van der Waals surface area contributed by atoms with Crippen molar-refractivity contribution in [1.82, 2.24) is 4.72 Å². The lowest BCUT2D eigenvalue weighted by Crippen LogP contribution is -2.24. The minimum atomic E-state index is -3.87. The summed E-state index contributed by atoms with van der Waals surface area (Å²) in [6, 6.07) is 14.3. The molecule has 1 amide bonds. The second-order valence-corrected chi connectivity index (χ2v) is 8.59. The highest BCUT2D eigenvalue weighted by atomic mass is 32.2. The van der Waals surface area contributed by atoms with E-state index in [0.29, 0.717) is 11.4 Å². The quantitative estimate of drug-likeness (QED) is 0.518. The fraction of sp³-hybridized carbons (Fsp3) is 0.182. The number of anilines is 1. The number of carbonyl (C=O) groups is 2. The first-order valence-corrected chi connectivity index (χ1v) is 10.9. The Labute approximate surface area is 180 Å². The molecule has 2 N–H and O–H groups in total.